The Labute approximate surface area is 125 Å². The molecule has 1 heterocycles. The summed E-state index contributed by atoms with van der Waals surface area (Å²) in [7, 11) is 0. The van der Waals surface area contributed by atoms with Crippen molar-refractivity contribution in [1.82, 2.24) is 10.6 Å². The fraction of sp³-hybridized carbons (Fsp3) is 0.500. The molecule has 0 saturated carbocycles. The van der Waals surface area contributed by atoms with Gasteiger partial charge in [0.2, 0.25) is 5.91 Å². The molecule has 5 heteroatoms. The molecule has 3 nitrogen and oxygen atoms in total. The van der Waals surface area contributed by atoms with Gasteiger partial charge < -0.3 is 10.6 Å². The van der Waals surface area contributed by atoms with Crippen LogP contribution in [0.3, 0.4) is 0 Å². The van der Waals surface area contributed by atoms with Gasteiger partial charge in [-0.15, -0.1) is 24.2 Å². The van der Waals surface area contributed by atoms with Crippen LogP contribution in [0.25, 0.3) is 0 Å². The van der Waals surface area contributed by atoms with E-state index in [0.717, 1.165) is 25.9 Å². The molecular weight excluding hydrogens is 280 g/mol. The number of hydrogen-bond acceptors (Lipinski definition) is 3. The predicted octanol–water partition coefficient (Wildman–Crippen LogP) is 2.38. The lowest BCUT2D eigenvalue weighted by Crippen LogP contribution is -2.46. The summed E-state index contributed by atoms with van der Waals surface area (Å²) in [5.74, 6) is 0.637. The minimum atomic E-state index is 0. The number of hydrogen-bond donors (Lipinski definition) is 2. The van der Waals surface area contributed by atoms with Crippen LogP contribution in [0.5, 0.6) is 0 Å². The zero-order chi connectivity index (χ0) is 12.8. The zero-order valence-corrected chi connectivity index (χ0v) is 12.8. The Morgan fingerprint density at radius 2 is 2.26 bits per heavy atom. The first-order valence-corrected chi connectivity index (χ1v) is 7.43. The van der Waals surface area contributed by atoms with Crippen LogP contribution in [-0.2, 0) is 4.79 Å². The average Bonchev–Trinajstić information content (AvgIpc) is 2.39. The smallest absolute Gasteiger partial charge is 0.230 e. The molecule has 0 bridgehead atoms. The molecule has 1 fully saturated rings. The molecule has 2 rings (SSSR count). The summed E-state index contributed by atoms with van der Waals surface area (Å²) in [6.45, 7) is 4.05. The zero-order valence-electron chi connectivity index (χ0n) is 11.1. The van der Waals surface area contributed by atoms with Gasteiger partial charge in [0.1, 0.15) is 0 Å². The molecule has 1 aromatic carbocycles. The topological polar surface area (TPSA) is 41.1 Å². The maximum atomic E-state index is 11.8. The van der Waals surface area contributed by atoms with Crippen molar-refractivity contribution in [1.29, 1.82) is 0 Å². The summed E-state index contributed by atoms with van der Waals surface area (Å²) >= 11 is 1.61. The second-order valence-corrected chi connectivity index (χ2v) is 5.68. The third-order valence-corrected chi connectivity index (χ3v) is 4.29. The second-order valence-electron chi connectivity index (χ2n) is 4.66. The Hall–Kier alpha value is -0.710. The van der Waals surface area contributed by atoms with Gasteiger partial charge in [-0.05, 0) is 37.9 Å². The molecule has 1 atom stereocenters. The van der Waals surface area contributed by atoms with E-state index in [1.54, 1.807) is 11.8 Å². The Morgan fingerprint density at radius 1 is 1.47 bits per heavy atom. The van der Waals surface area contributed by atoms with Crippen molar-refractivity contribution in [3.8, 4) is 0 Å². The molecule has 0 unspecified atom stereocenters. The van der Waals surface area contributed by atoms with E-state index in [1.165, 1.54) is 10.5 Å². The van der Waals surface area contributed by atoms with Gasteiger partial charge in [0, 0.05) is 17.5 Å². The van der Waals surface area contributed by atoms with Gasteiger partial charge in [0.15, 0.2) is 0 Å². The van der Waals surface area contributed by atoms with Gasteiger partial charge in [-0.3, -0.25) is 4.79 Å². The van der Waals surface area contributed by atoms with Crippen molar-refractivity contribution in [3.05, 3.63) is 29.8 Å². The first kappa shape index (κ1) is 16.3. The number of halogens is 1. The van der Waals surface area contributed by atoms with Crippen molar-refractivity contribution >= 4 is 30.1 Å². The van der Waals surface area contributed by atoms with E-state index in [1.807, 2.05) is 12.1 Å². The number of carbonyl (C=O) groups is 1. The average molecular weight is 301 g/mol. The van der Waals surface area contributed by atoms with Gasteiger partial charge >= 0.3 is 0 Å². The van der Waals surface area contributed by atoms with Crippen LogP contribution in [0.2, 0.25) is 0 Å². The maximum Gasteiger partial charge on any atom is 0.230 e. The lowest BCUT2D eigenvalue weighted by atomic mass is 10.1. The summed E-state index contributed by atoms with van der Waals surface area (Å²) < 4.78 is 0. The highest BCUT2D eigenvalue weighted by Gasteiger charge is 2.15. The largest absolute Gasteiger partial charge is 0.351 e. The molecule has 1 aliphatic heterocycles. The first-order chi connectivity index (χ1) is 8.75. The molecule has 0 aromatic heterocycles. The predicted molar refractivity (Wildman–Crippen MR) is 83.2 cm³/mol. The van der Waals surface area contributed by atoms with E-state index in [0.29, 0.717) is 11.8 Å². The molecule has 19 heavy (non-hydrogen) atoms. The number of carbonyl (C=O) groups excluding carboxylic acids is 1. The lowest BCUT2D eigenvalue weighted by molar-refractivity contribution is -0.119. The fourth-order valence-electron chi connectivity index (χ4n) is 2.11. The maximum absolute atomic E-state index is 11.8. The molecule has 0 spiro atoms. The fourth-order valence-corrected chi connectivity index (χ4v) is 2.95. The number of amides is 1. The molecule has 1 saturated heterocycles. The van der Waals surface area contributed by atoms with Gasteiger partial charge in [-0.1, -0.05) is 18.2 Å². The lowest BCUT2D eigenvalue weighted by Gasteiger charge is -2.23. The number of rotatable bonds is 4. The van der Waals surface area contributed by atoms with Crippen molar-refractivity contribution in [2.75, 3.05) is 18.8 Å². The van der Waals surface area contributed by atoms with Gasteiger partial charge in [-0.25, -0.2) is 0 Å². The Kier molecular flexibility index (Phi) is 7.28. The molecule has 106 valence electrons. The van der Waals surface area contributed by atoms with Crippen molar-refractivity contribution in [3.63, 3.8) is 0 Å². The highest BCUT2D eigenvalue weighted by Crippen LogP contribution is 2.21. The minimum absolute atomic E-state index is 0. The van der Waals surface area contributed by atoms with Crippen molar-refractivity contribution in [2.45, 2.75) is 30.7 Å². The van der Waals surface area contributed by atoms with E-state index >= 15 is 0 Å². The summed E-state index contributed by atoms with van der Waals surface area (Å²) in [6.07, 6.45) is 2.24. The van der Waals surface area contributed by atoms with Crippen LogP contribution in [-0.4, -0.2) is 30.8 Å². The van der Waals surface area contributed by atoms with Crippen LogP contribution in [0.1, 0.15) is 18.4 Å². The molecule has 0 radical (unpaired) electrons. The normalized spacial score (nSPS) is 18.5. The van der Waals surface area contributed by atoms with E-state index in [4.69, 9.17) is 0 Å². The second kappa shape index (κ2) is 8.46. The molecule has 2 N–H and O–H groups in total. The first-order valence-electron chi connectivity index (χ1n) is 6.44. The SMILES string of the molecule is Cc1ccccc1SCC(=O)N[C@H]1CCCNC1.Cl. The monoisotopic (exact) mass is 300 g/mol. The summed E-state index contributed by atoms with van der Waals surface area (Å²) in [4.78, 5) is 13.0. The third kappa shape index (κ3) is 5.43. The molecule has 0 aliphatic carbocycles. The number of benzene rings is 1. The minimum Gasteiger partial charge on any atom is -0.351 e. The van der Waals surface area contributed by atoms with Crippen LogP contribution in [0.4, 0.5) is 0 Å². The molecular formula is C14H21ClN2OS. The van der Waals surface area contributed by atoms with Crippen molar-refractivity contribution < 1.29 is 4.79 Å². The summed E-state index contributed by atoms with van der Waals surface area (Å²) in [5.41, 5.74) is 1.23. The van der Waals surface area contributed by atoms with Crippen LogP contribution >= 0.6 is 24.2 Å². The van der Waals surface area contributed by atoms with Crippen LogP contribution in [0, 0.1) is 6.92 Å². The standard InChI is InChI=1S/C14H20N2OS.ClH/c1-11-5-2-3-7-13(11)18-10-14(17)16-12-6-4-8-15-9-12;/h2-3,5,7,12,15H,4,6,8-10H2,1H3,(H,16,17);1H/t12-;/m0./s1. The van der Waals surface area contributed by atoms with E-state index in [-0.39, 0.29) is 18.3 Å². The Bertz CT molecular complexity index is 408. The Morgan fingerprint density at radius 3 is 2.95 bits per heavy atom. The molecule has 1 amide bonds. The summed E-state index contributed by atoms with van der Waals surface area (Å²) in [5, 5.41) is 6.39. The molecule has 1 aromatic rings. The molecule has 1 aliphatic rings. The highest BCUT2D eigenvalue weighted by atomic mass is 35.5. The van der Waals surface area contributed by atoms with E-state index < -0.39 is 0 Å². The van der Waals surface area contributed by atoms with Crippen LogP contribution in [0.15, 0.2) is 29.2 Å². The third-order valence-electron chi connectivity index (χ3n) is 3.11. The number of thioether (sulfide) groups is 1. The highest BCUT2D eigenvalue weighted by molar-refractivity contribution is 8.00. The van der Waals surface area contributed by atoms with Gasteiger partial charge in [0.25, 0.3) is 0 Å². The van der Waals surface area contributed by atoms with E-state index in [9.17, 15) is 4.79 Å². The Balaban J connectivity index is 0.00000180. The van der Waals surface area contributed by atoms with Gasteiger partial charge in [-0.2, -0.15) is 0 Å². The van der Waals surface area contributed by atoms with Crippen molar-refractivity contribution in [2.24, 2.45) is 0 Å². The van der Waals surface area contributed by atoms with Gasteiger partial charge in [0.05, 0.1) is 5.75 Å². The number of piperidine rings is 1. The quantitative estimate of drug-likeness (QED) is 0.839. The van der Waals surface area contributed by atoms with E-state index in [2.05, 4.69) is 29.7 Å². The number of nitrogens with one attached hydrogen (secondary N) is 2. The number of aryl methyl sites for hydroxylation is 1. The summed E-state index contributed by atoms with van der Waals surface area (Å²) in [6, 6.07) is 8.48. The van der Waals surface area contributed by atoms with Crippen LogP contribution < -0.4 is 10.6 Å².